The van der Waals surface area contributed by atoms with E-state index in [1.165, 1.54) is 6.08 Å². The summed E-state index contributed by atoms with van der Waals surface area (Å²) in [5, 5.41) is 2.05. The molecule has 2 rings (SSSR count). The Labute approximate surface area is 74.8 Å². The van der Waals surface area contributed by atoms with Crippen LogP contribution in [0.25, 0.3) is 10.8 Å². The quantitative estimate of drug-likeness (QED) is 0.486. The molecule has 3 heteroatoms. The Morgan fingerprint density at radius 1 is 1.23 bits per heavy atom. The highest BCUT2D eigenvalue weighted by Gasteiger charge is 1.93. The highest BCUT2D eigenvalue weighted by Crippen LogP contribution is 2.19. The molecule has 0 unspecified atom stereocenters. The van der Waals surface area contributed by atoms with E-state index in [9.17, 15) is 4.79 Å². The molecular weight excluding hydrogens is 164 g/mol. The summed E-state index contributed by atoms with van der Waals surface area (Å²) >= 11 is 0. The van der Waals surface area contributed by atoms with Crippen molar-refractivity contribution in [2.45, 2.75) is 0 Å². The number of hydrogen-bond acceptors (Lipinski definition) is 3. The van der Waals surface area contributed by atoms with Crippen LogP contribution in [0, 0.1) is 0 Å². The van der Waals surface area contributed by atoms with Crippen LogP contribution in [0.1, 0.15) is 0 Å². The number of hydrogen-bond donors (Lipinski definition) is 0. The minimum Gasteiger partial charge on any atom is -0.264 e. The van der Waals surface area contributed by atoms with Crippen LogP contribution in [0.5, 0.6) is 0 Å². The molecule has 0 aliphatic rings. The van der Waals surface area contributed by atoms with Crippen molar-refractivity contribution >= 4 is 22.5 Å². The molecule has 0 amide bonds. The zero-order chi connectivity index (χ0) is 9.10. The predicted octanol–water partition coefficient (Wildman–Crippen LogP) is 2.20. The van der Waals surface area contributed by atoms with Crippen LogP contribution in [0.15, 0.2) is 41.7 Å². The standard InChI is InChI=1S/C10H6N2O/c13-7-12-10-2-1-9-6-11-4-3-8(9)5-10/h1-6H. The van der Waals surface area contributed by atoms with E-state index in [1.54, 1.807) is 18.5 Å². The normalized spacial score (nSPS) is 9.54. The third-order valence-electron chi connectivity index (χ3n) is 1.80. The summed E-state index contributed by atoms with van der Waals surface area (Å²) in [5.74, 6) is 0. The Morgan fingerprint density at radius 3 is 3.00 bits per heavy atom. The Balaban J connectivity index is 2.68. The molecule has 1 aromatic carbocycles. The Hall–Kier alpha value is -1.99. The third-order valence-corrected chi connectivity index (χ3v) is 1.80. The minimum absolute atomic E-state index is 0.619. The number of rotatable bonds is 1. The number of aliphatic imine (C=N–C) groups is 1. The minimum atomic E-state index is 0.619. The van der Waals surface area contributed by atoms with Crippen molar-refractivity contribution in [1.82, 2.24) is 4.98 Å². The molecule has 3 nitrogen and oxygen atoms in total. The first-order chi connectivity index (χ1) is 6.40. The van der Waals surface area contributed by atoms with E-state index < -0.39 is 0 Å². The molecule has 0 saturated carbocycles. The van der Waals surface area contributed by atoms with Gasteiger partial charge in [-0.15, -0.1) is 0 Å². The summed E-state index contributed by atoms with van der Waals surface area (Å²) in [6, 6.07) is 7.33. The molecule has 13 heavy (non-hydrogen) atoms. The maximum Gasteiger partial charge on any atom is 0.240 e. The van der Waals surface area contributed by atoms with Gasteiger partial charge in [0.05, 0.1) is 5.69 Å². The zero-order valence-corrected chi connectivity index (χ0v) is 6.77. The lowest BCUT2D eigenvalue weighted by Crippen LogP contribution is -1.73. The summed E-state index contributed by atoms with van der Waals surface area (Å²) < 4.78 is 0. The van der Waals surface area contributed by atoms with Crippen molar-refractivity contribution in [2.75, 3.05) is 0 Å². The van der Waals surface area contributed by atoms with Gasteiger partial charge in [0.15, 0.2) is 0 Å². The van der Waals surface area contributed by atoms with Crippen molar-refractivity contribution < 1.29 is 4.79 Å². The van der Waals surface area contributed by atoms with Gasteiger partial charge in [-0.1, -0.05) is 6.07 Å². The van der Waals surface area contributed by atoms with E-state index >= 15 is 0 Å². The topological polar surface area (TPSA) is 42.3 Å². The van der Waals surface area contributed by atoms with Crippen LogP contribution in [0.3, 0.4) is 0 Å². The molecular formula is C10H6N2O. The average molecular weight is 170 g/mol. The van der Waals surface area contributed by atoms with Gasteiger partial charge in [-0.3, -0.25) is 4.98 Å². The van der Waals surface area contributed by atoms with E-state index in [0.717, 1.165) is 10.8 Å². The van der Waals surface area contributed by atoms with Crippen LogP contribution in [-0.2, 0) is 4.79 Å². The molecule has 0 saturated heterocycles. The molecule has 1 aromatic heterocycles. The van der Waals surface area contributed by atoms with Crippen molar-refractivity contribution in [3.8, 4) is 0 Å². The lowest BCUT2D eigenvalue weighted by Gasteiger charge is -1.95. The number of carbonyl (C=O) groups excluding carboxylic acids is 1. The predicted molar refractivity (Wildman–Crippen MR) is 49.5 cm³/mol. The molecule has 1 heterocycles. The van der Waals surface area contributed by atoms with Crippen molar-refractivity contribution in [3.05, 3.63) is 36.7 Å². The van der Waals surface area contributed by atoms with Gasteiger partial charge in [0.2, 0.25) is 6.08 Å². The summed E-state index contributed by atoms with van der Waals surface area (Å²) in [6.45, 7) is 0. The van der Waals surface area contributed by atoms with Gasteiger partial charge >= 0.3 is 0 Å². The van der Waals surface area contributed by atoms with Crippen LogP contribution in [-0.4, -0.2) is 11.1 Å². The first-order valence-electron chi connectivity index (χ1n) is 3.82. The van der Waals surface area contributed by atoms with Crippen molar-refractivity contribution in [3.63, 3.8) is 0 Å². The SMILES string of the molecule is O=C=Nc1ccc2cnccc2c1. The van der Waals surface area contributed by atoms with Gasteiger partial charge in [-0.05, 0) is 23.6 Å². The second-order valence-electron chi connectivity index (χ2n) is 2.61. The van der Waals surface area contributed by atoms with E-state index in [0.29, 0.717) is 5.69 Å². The summed E-state index contributed by atoms with van der Waals surface area (Å²) in [6.07, 6.45) is 4.98. The second-order valence-corrected chi connectivity index (χ2v) is 2.61. The molecule has 0 radical (unpaired) electrons. The smallest absolute Gasteiger partial charge is 0.240 e. The van der Waals surface area contributed by atoms with Gasteiger partial charge < -0.3 is 0 Å². The highest BCUT2D eigenvalue weighted by atomic mass is 16.1. The molecule has 0 aliphatic carbocycles. The zero-order valence-electron chi connectivity index (χ0n) is 6.77. The number of aromatic nitrogens is 1. The lowest BCUT2D eigenvalue weighted by atomic mass is 10.1. The monoisotopic (exact) mass is 170 g/mol. The van der Waals surface area contributed by atoms with Gasteiger partial charge in [0.25, 0.3) is 0 Å². The first kappa shape index (κ1) is 7.65. The fourth-order valence-electron chi connectivity index (χ4n) is 1.19. The molecule has 0 bridgehead atoms. The van der Waals surface area contributed by atoms with Gasteiger partial charge in [-0.2, -0.15) is 4.99 Å². The summed E-state index contributed by atoms with van der Waals surface area (Å²) in [7, 11) is 0. The summed E-state index contributed by atoms with van der Waals surface area (Å²) in [5.41, 5.74) is 0.619. The van der Waals surface area contributed by atoms with Crippen LogP contribution < -0.4 is 0 Å². The van der Waals surface area contributed by atoms with Crippen molar-refractivity contribution in [2.24, 2.45) is 4.99 Å². The van der Waals surface area contributed by atoms with Gasteiger partial charge in [0, 0.05) is 17.8 Å². The second kappa shape index (κ2) is 3.17. The average Bonchev–Trinajstić information content (AvgIpc) is 2.18. The maximum atomic E-state index is 10.0. The number of nitrogens with zero attached hydrogens (tertiary/aromatic N) is 2. The molecule has 0 N–H and O–H groups in total. The lowest BCUT2D eigenvalue weighted by molar-refractivity contribution is 0.565. The number of fused-ring (bicyclic) bond motifs is 1. The van der Waals surface area contributed by atoms with Gasteiger partial charge in [-0.25, -0.2) is 4.79 Å². The third kappa shape index (κ3) is 1.45. The highest BCUT2D eigenvalue weighted by molar-refractivity contribution is 5.84. The Morgan fingerprint density at radius 2 is 2.15 bits per heavy atom. The summed E-state index contributed by atoms with van der Waals surface area (Å²) in [4.78, 5) is 17.5. The molecule has 62 valence electrons. The van der Waals surface area contributed by atoms with Crippen molar-refractivity contribution in [1.29, 1.82) is 0 Å². The fourth-order valence-corrected chi connectivity index (χ4v) is 1.19. The number of benzene rings is 1. The first-order valence-corrected chi connectivity index (χ1v) is 3.82. The van der Waals surface area contributed by atoms with Crippen LogP contribution >= 0.6 is 0 Å². The molecule has 0 aliphatic heterocycles. The fraction of sp³-hybridized carbons (Fsp3) is 0. The maximum absolute atomic E-state index is 10.0. The van der Waals surface area contributed by atoms with Crippen LogP contribution in [0.2, 0.25) is 0 Å². The molecule has 0 fully saturated rings. The molecule has 2 aromatic rings. The molecule has 0 spiro atoms. The van der Waals surface area contributed by atoms with Gasteiger partial charge in [0.1, 0.15) is 0 Å². The molecule has 0 atom stereocenters. The van der Waals surface area contributed by atoms with E-state index in [2.05, 4.69) is 9.98 Å². The number of pyridine rings is 1. The van der Waals surface area contributed by atoms with E-state index in [-0.39, 0.29) is 0 Å². The van der Waals surface area contributed by atoms with E-state index in [1.807, 2.05) is 18.2 Å². The Bertz CT molecular complexity index is 487. The number of isocyanates is 1. The van der Waals surface area contributed by atoms with E-state index in [4.69, 9.17) is 0 Å². The largest absolute Gasteiger partial charge is 0.264 e. The van der Waals surface area contributed by atoms with Crippen LogP contribution in [0.4, 0.5) is 5.69 Å². The Kier molecular flexibility index (Phi) is 1.87.